The predicted octanol–water partition coefficient (Wildman–Crippen LogP) is 1.54. The molecule has 0 aliphatic carbocycles. The number of hydrogen-bond acceptors (Lipinski definition) is 4. The zero-order valence-electron chi connectivity index (χ0n) is 11.7. The first kappa shape index (κ1) is 15.0. The van der Waals surface area contributed by atoms with Crippen molar-refractivity contribution in [3.63, 3.8) is 0 Å². The van der Waals surface area contributed by atoms with Crippen LogP contribution in [0.2, 0.25) is 0 Å². The highest BCUT2D eigenvalue weighted by molar-refractivity contribution is 7.85. The Bertz CT molecular complexity index is 466. The average Bonchev–Trinajstić information content (AvgIpc) is 2.48. The van der Waals surface area contributed by atoms with Crippen LogP contribution in [-0.4, -0.2) is 39.2 Å². The Hall–Kier alpha value is -1.43. The molecule has 1 aromatic rings. The van der Waals surface area contributed by atoms with Crippen LogP contribution >= 0.6 is 0 Å². The first-order valence-electron chi connectivity index (χ1n) is 7.05. The Labute approximate surface area is 122 Å². The molecule has 1 amide bonds. The fraction of sp³-hybridized carbons (Fsp3) is 0.571. The van der Waals surface area contributed by atoms with E-state index in [2.05, 4.69) is 22.5 Å². The van der Waals surface area contributed by atoms with Gasteiger partial charge in [0.25, 0.3) is 5.91 Å². The summed E-state index contributed by atoms with van der Waals surface area (Å²) in [5.41, 5.74) is 0.568. The van der Waals surface area contributed by atoms with Gasteiger partial charge in [-0.2, -0.15) is 0 Å². The molecule has 1 aliphatic heterocycles. The van der Waals surface area contributed by atoms with Crippen LogP contribution in [0, 0.1) is 0 Å². The van der Waals surface area contributed by atoms with Gasteiger partial charge in [-0.25, -0.2) is 4.98 Å². The van der Waals surface area contributed by atoms with E-state index in [1.54, 1.807) is 12.3 Å². The van der Waals surface area contributed by atoms with Crippen LogP contribution < -0.4 is 10.6 Å². The van der Waals surface area contributed by atoms with Gasteiger partial charge >= 0.3 is 0 Å². The van der Waals surface area contributed by atoms with Crippen LogP contribution in [0.1, 0.15) is 36.5 Å². The van der Waals surface area contributed by atoms with Crippen molar-refractivity contribution < 1.29 is 9.00 Å². The number of nitrogens with one attached hydrogen (secondary N) is 2. The Morgan fingerprint density at radius 3 is 2.75 bits per heavy atom. The third kappa shape index (κ3) is 4.30. The highest BCUT2D eigenvalue weighted by Gasteiger charge is 2.20. The van der Waals surface area contributed by atoms with E-state index in [0.29, 0.717) is 17.1 Å². The number of carbonyl (C=O) groups is 1. The van der Waals surface area contributed by atoms with E-state index < -0.39 is 10.8 Å². The number of nitrogens with zero attached hydrogens (tertiary/aromatic N) is 1. The topological polar surface area (TPSA) is 71.1 Å². The number of rotatable bonds is 5. The van der Waals surface area contributed by atoms with Crippen molar-refractivity contribution in [1.29, 1.82) is 0 Å². The predicted molar refractivity (Wildman–Crippen MR) is 81.4 cm³/mol. The van der Waals surface area contributed by atoms with E-state index in [-0.39, 0.29) is 11.9 Å². The lowest BCUT2D eigenvalue weighted by molar-refractivity contribution is 0.0934. The summed E-state index contributed by atoms with van der Waals surface area (Å²) >= 11 is 0. The van der Waals surface area contributed by atoms with Crippen molar-refractivity contribution in [3.05, 3.63) is 23.9 Å². The molecule has 0 saturated carbocycles. The van der Waals surface area contributed by atoms with Gasteiger partial charge in [-0.1, -0.05) is 6.92 Å². The molecule has 1 saturated heterocycles. The number of pyridine rings is 1. The van der Waals surface area contributed by atoms with Crippen molar-refractivity contribution in [2.24, 2.45) is 0 Å². The highest BCUT2D eigenvalue weighted by Crippen LogP contribution is 2.11. The molecule has 1 aliphatic rings. The molecule has 2 rings (SSSR count). The van der Waals surface area contributed by atoms with Crippen LogP contribution in [0.4, 0.5) is 5.82 Å². The van der Waals surface area contributed by atoms with Crippen molar-refractivity contribution >= 4 is 22.5 Å². The smallest absolute Gasteiger partial charge is 0.253 e. The van der Waals surface area contributed by atoms with Crippen molar-refractivity contribution in [2.45, 2.75) is 32.2 Å². The number of anilines is 1. The second-order valence-corrected chi connectivity index (χ2v) is 6.65. The maximum Gasteiger partial charge on any atom is 0.253 e. The molecule has 5 nitrogen and oxygen atoms in total. The SMILES string of the molecule is CCCNc1ccc(C(=O)NC2CCS(=O)CC2)cn1. The Morgan fingerprint density at radius 1 is 1.40 bits per heavy atom. The molecule has 0 aromatic carbocycles. The molecule has 1 aromatic heterocycles. The minimum Gasteiger partial charge on any atom is -0.370 e. The lowest BCUT2D eigenvalue weighted by atomic mass is 10.1. The van der Waals surface area contributed by atoms with Crippen LogP contribution in [0.3, 0.4) is 0 Å². The summed E-state index contributed by atoms with van der Waals surface area (Å²) in [7, 11) is -0.699. The molecular formula is C14H21N3O2S. The zero-order chi connectivity index (χ0) is 14.4. The zero-order valence-corrected chi connectivity index (χ0v) is 12.5. The number of amides is 1. The first-order valence-corrected chi connectivity index (χ1v) is 8.53. The largest absolute Gasteiger partial charge is 0.370 e. The lowest BCUT2D eigenvalue weighted by Crippen LogP contribution is -2.39. The second kappa shape index (κ2) is 7.38. The fourth-order valence-corrected chi connectivity index (χ4v) is 3.39. The van der Waals surface area contributed by atoms with Crippen LogP contribution in [0.25, 0.3) is 0 Å². The van der Waals surface area contributed by atoms with Crippen LogP contribution in [0.15, 0.2) is 18.3 Å². The molecule has 0 atom stereocenters. The summed E-state index contributed by atoms with van der Waals surface area (Å²) in [6.07, 6.45) is 4.21. The molecule has 0 unspecified atom stereocenters. The van der Waals surface area contributed by atoms with Gasteiger partial charge in [-0.15, -0.1) is 0 Å². The highest BCUT2D eigenvalue weighted by atomic mass is 32.2. The van der Waals surface area contributed by atoms with E-state index in [4.69, 9.17) is 0 Å². The molecule has 2 heterocycles. The quantitative estimate of drug-likeness (QED) is 0.864. The van der Waals surface area contributed by atoms with E-state index in [1.165, 1.54) is 0 Å². The summed E-state index contributed by atoms with van der Waals surface area (Å²) < 4.78 is 11.3. The summed E-state index contributed by atoms with van der Waals surface area (Å²) in [6.45, 7) is 2.96. The van der Waals surface area contributed by atoms with Gasteiger partial charge in [0.1, 0.15) is 5.82 Å². The van der Waals surface area contributed by atoms with E-state index in [9.17, 15) is 9.00 Å². The molecule has 6 heteroatoms. The maximum atomic E-state index is 12.1. The van der Waals surface area contributed by atoms with Gasteiger partial charge in [0, 0.05) is 41.1 Å². The lowest BCUT2D eigenvalue weighted by Gasteiger charge is -2.22. The summed E-state index contributed by atoms with van der Waals surface area (Å²) in [6, 6.07) is 3.74. The second-order valence-electron chi connectivity index (χ2n) is 4.95. The molecule has 0 spiro atoms. The number of hydrogen-bond donors (Lipinski definition) is 2. The van der Waals surface area contributed by atoms with Gasteiger partial charge in [0.2, 0.25) is 0 Å². The molecule has 0 radical (unpaired) electrons. The van der Waals surface area contributed by atoms with Gasteiger partial charge in [0.15, 0.2) is 0 Å². The molecule has 110 valence electrons. The van der Waals surface area contributed by atoms with Crippen molar-refractivity contribution in [3.8, 4) is 0 Å². The Balaban J connectivity index is 1.87. The van der Waals surface area contributed by atoms with Crippen molar-refractivity contribution in [1.82, 2.24) is 10.3 Å². The third-order valence-corrected chi connectivity index (χ3v) is 4.69. The molecule has 0 bridgehead atoms. The number of aromatic nitrogens is 1. The normalized spacial score (nSPS) is 22.2. The first-order chi connectivity index (χ1) is 9.69. The van der Waals surface area contributed by atoms with E-state index in [1.807, 2.05) is 6.07 Å². The van der Waals surface area contributed by atoms with Gasteiger partial charge in [-0.3, -0.25) is 9.00 Å². The Kier molecular flexibility index (Phi) is 5.52. The molecule has 1 fully saturated rings. The third-order valence-electron chi connectivity index (χ3n) is 3.30. The summed E-state index contributed by atoms with van der Waals surface area (Å²) in [4.78, 5) is 16.3. The van der Waals surface area contributed by atoms with E-state index >= 15 is 0 Å². The minimum absolute atomic E-state index is 0.0998. The minimum atomic E-state index is -0.699. The standard InChI is InChI=1S/C14H21N3O2S/c1-2-7-15-13-4-3-11(10-16-13)14(18)17-12-5-8-20(19)9-6-12/h3-4,10,12H,2,5-9H2,1H3,(H,15,16)(H,17,18). The van der Waals surface area contributed by atoms with Gasteiger partial charge in [-0.05, 0) is 31.4 Å². The number of carbonyl (C=O) groups excluding carboxylic acids is 1. The fourth-order valence-electron chi connectivity index (χ4n) is 2.09. The van der Waals surface area contributed by atoms with Crippen molar-refractivity contribution in [2.75, 3.05) is 23.4 Å². The van der Waals surface area contributed by atoms with E-state index in [0.717, 1.165) is 31.6 Å². The van der Waals surface area contributed by atoms with Gasteiger partial charge < -0.3 is 10.6 Å². The summed E-state index contributed by atoms with van der Waals surface area (Å²) in [5, 5.41) is 6.15. The molecule has 20 heavy (non-hydrogen) atoms. The average molecular weight is 295 g/mol. The summed E-state index contributed by atoms with van der Waals surface area (Å²) in [5.74, 6) is 2.06. The molecule has 2 N–H and O–H groups in total. The van der Waals surface area contributed by atoms with Crippen LogP contribution in [0.5, 0.6) is 0 Å². The molecular weight excluding hydrogens is 274 g/mol. The monoisotopic (exact) mass is 295 g/mol. The Morgan fingerprint density at radius 2 is 2.15 bits per heavy atom. The van der Waals surface area contributed by atoms with Gasteiger partial charge in [0.05, 0.1) is 5.56 Å². The maximum absolute atomic E-state index is 12.1. The van der Waals surface area contributed by atoms with Crippen LogP contribution in [-0.2, 0) is 10.8 Å².